The van der Waals surface area contributed by atoms with Gasteiger partial charge in [0.1, 0.15) is 5.76 Å². The minimum atomic E-state index is -0.0169. The number of furan rings is 1. The van der Waals surface area contributed by atoms with Crippen LogP contribution in [-0.4, -0.2) is 23.9 Å². The number of carbonyl (C=O) groups is 1. The molecule has 0 saturated carbocycles. The monoisotopic (exact) mass is 284 g/mol. The van der Waals surface area contributed by atoms with E-state index in [9.17, 15) is 4.79 Å². The number of amides is 1. The van der Waals surface area contributed by atoms with Gasteiger partial charge in [-0.1, -0.05) is 19.1 Å². The lowest BCUT2D eigenvalue weighted by atomic mass is 10.0. The van der Waals surface area contributed by atoms with Crippen molar-refractivity contribution >= 4 is 11.6 Å². The van der Waals surface area contributed by atoms with Gasteiger partial charge in [-0.2, -0.15) is 0 Å². The second kappa shape index (κ2) is 5.64. The molecule has 1 aliphatic heterocycles. The van der Waals surface area contributed by atoms with Gasteiger partial charge in [0.05, 0.1) is 0 Å². The second-order valence-electron chi connectivity index (χ2n) is 5.79. The highest BCUT2D eigenvalue weighted by Crippen LogP contribution is 2.25. The molecule has 0 radical (unpaired) electrons. The van der Waals surface area contributed by atoms with Crippen LogP contribution in [0.5, 0.6) is 0 Å². The summed E-state index contributed by atoms with van der Waals surface area (Å²) in [5.74, 6) is 1.62. The Morgan fingerprint density at radius 1 is 1.33 bits per heavy atom. The number of benzene rings is 1. The normalized spacial score (nSPS) is 18.7. The van der Waals surface area contributed by atoms with E-state index < -0.39 is 0 Å². The quantitative estimate of drug-likeness (QED) is 0.860. The number of anilines is 1. The predicted molar refractivity (Wildman–Crippen MR) is 82.9 cm³/mol. The maximum Gasteiger partial charge on any atom is 0.289 e. The first-order valence-electron chi connectivity index (χ1n) is 7.38. The molecule has 4 nitrogen and oxygen atoms in total. The average Bonchev–Trinajstić information content (AvgIpc) is 2.96. The van der Waals surface area contributed by atoms with Crippen LogP contribution in [0.25, 0.3) is 11.3 Å². The SMILES string of the molecule is CC1CCCN(C(=O)c2ccc(-c3cccc(N)c3)o2)C1. The van der Waals surface area contributed by atoms with Crippen LogP contribution in [0.4, 0.5) is 5.69 Å². The third kappa shape index (κ3) is 2.94. The summed E-state index contributed by atoms with van der Waals surface area (Å²) < 4.78 is 5.73. The molecule has 1 aliphatic rings. The molecule has 110 valence electrons. The van der Waals surface area contributed by atoms with Crippen LogP contribution in [0.3, 0.4) is 0 Å². The molecule has 1 saturated heterocycles. The van der Waals surface area contributed by atoms with E-state index in [2.05, 4.69) is 6.92 Å². The van der Waals surface area contributed by atoms with Crippen molar-refractivity contribution in [1.29, 1.82) is 0 Å². The maximum absolute atomic E-state index is 12.5. The van der Waals surface area contributed by atoms with Crippen molar-refractivity contribution in [3.63, 3.8) is 0 Å². The number of hydrogen-bond acceptors (Lipinski definition) is 3. The first kappa shape index (κ1) is 13.7. The van der Waals surface area contributed by atoms with Gasteiger partial charge in [-0.25, -0.2) is 0 Å². The largest absolute Gasteiger partial charge is 0.451 e. The average molecular weight is 284 g/mol. The number of carbonyl (C=O) groups excluding carboxylic acids is 1. The fourth-order valence-corrected chi connectivity index (χ4v) is 2.83. The molecular formula is C17H20N2O2. The summed E-state index contributed by atoms with van der Waals surface area (Å²) >= 11 is 0. The van der Waals surface area contributed by atoms with E-state index in [0.29, 0.717) is 23.1 Å². The lowest BCUT2D eigenvalue weighted by Crippen LogP contribution is -2.38. The Balaban J connectivity index is 1.80. The van der Waals surface area contributed by atoms with Crippen LogP contribution in [-0.2, 0) is 0 Å². The number of rotatable bonds is 2. The van der Waals surface area contributed by atoms with Gasteiger partial charge in [-0.05, 0) is 43.0 Å². The van der Waals surface area contributed by atoms with E-state index in [4.69, 9.17) is 10.2 Å². The topological polar surface area (TPSA) is 59.5 Å². The number of piperidine rings is 1. The fraction of sp³-hybridized carbons (Fsp3) is 0.353. The molecule has 1 amide bonds. The van der Waals surface area contributed by atoms with Gasteiger partial charge >= 0.3 is 0 Å². The molecule has 21 heavy (non-hydrogen) atoms. The maximum atomic E-state index is 12.5. The molecule has 0 spiro atoms. The van der Waals surface area contributed by atoms with Crippen LogP contribution < -0.4 is 5.73 Å². The third-order valence-corrected chi connectivity index (χ3v) is 3.93. The minimum absolute atomic E-state index is 0.0169. The Labute approximate surface area is 124 Å². The molecule has 1 fully saturated rings. The summed E-state index contributed by atoms with van der Waals surface area (Å²) in [6, 6.07) is 11.0. The third-order valence-electron chi connectivity index (χ3n) is 3.93. The Kier molecular flexibility index (Phi) is 3.69. The molecule has 2 heterocycles. The Morgan fingerprint density at radius 3 is 2.95 bits per heavy atom. The van der Waals surface area contributed by atoms with E-state index in [1.807, 2.05) is 35.2 Å². The standard InChI is InChI=1S/C17H20N2O2/c1-12-4-3-9-19(11-12)17(20)16-8-7-15(21-16)13-5-2-6-14(18)10-13/h2,5-8,10,12H,3-4,9,11,18H2,1H3. The van der Waals surface area contributed by atoms with Crippen LogP contribution >= 0.6 is 0 Å². The Hall–Kier alpha value is -2.23. The van der Waals surface area contributed by atoms with Crippen molar-refractivity contribution in [1.82, 2.24) is 4.90 Å². The molecule has 1 aromatic heterocycles. The van der Waals surface area contributed by atoms with Gasteiger partial charge in [0.25, 0.3) is 5.91 Å². The van der Waals surface area contributed by atoms with Crippen molar-refractivity contribution < 1.29 is 9.21 Å². The highest BCUT2D eigenvalue weighted by molar-refractivity contribution is 5.92. The van der Waals surface area contributed by atoms with E-state index in [1.54, 1.807) is 6.07 Å². The van der Waals surface area contributed by atoms with E-state index in [0.717, 1.165) is 25.1 Å². The molecule has 0 aliphatic carbocycles. The van der Waals surface area contributed by atoms with Gasteiger partial charge < -0.3 is 15.1 Å². The molecule has 4 heteroatoms. The van der Waals surface area contributed by atoms with Crippen LogP contribution in [0, 0.1) is 5.92 Å². The van der Waals surface area contributed by atoms with Gasteiger partial charge in [-0.3, -0.25) is 4.79 Å². The number of nitrogens with zero attached hydrogens (tertiary/aromatic N) is 1. The zero-order valence-corrected chi connectivity index (χ0v) is 12.2. The second-order valence-corrected chi connectivity index (χ2v) is 5.79. The summed E-state index contributed by atoms with van der Waals surface area (Å²) in [5.41, 5.74) is 7.35. The lowest BCUT2D eigenvalue weighted by Gasteiger charge is -2.30. The molecule has 3 rings (SSSR count). The van der Waals surface area contributed by atoms with Gasteiger partial charge in [0.15, 0.2) is 5.76 Å². The highest BCUT2D eigenvalue weighted by atomic mass is 16.4. The van der Waals surface area contributed by atoms with Crippen molar-refractivity contribution in [3.05, 3.63) is 42.2 Å². The molecule has 1 atom stereocenters. The lowest BCUT2D eigenvalue weighted by molar-refractivity contribution is 0.0652. The van der Waals surface area contributed by atoms with Crippen LogP contribution in [0.1, 0.15) is 30.3 Å². The number of hydrogen-bond donors (Lipinski definition) is 1. The molecule has 1 aromatic carbocycles. The van der Waals surface area contributed by atoms with E-state index in [-0.39, 0.29) is 5.91 Å². The molecular weight excluding hydrogens is 264 g/mol. The van der Waals surface area contributed by atoms with E-state index >= 15 is 0 Å². The molecule has 0 bridgehead atoms. The summed E-state index contributed by atoms with van der Waals surface area (Å²) in [6.07, 6.45) is 2.26. The van der Waals surface area contributed by atoms with Crippen molar-refractivity contribution in [2.24, 2.45) is 5.92 Å². The zero-order chi connectivity index (χ0) is 14.8. The van der Waals surface area contributed by atoms with E-state index in [1.165, 1.54) is 6.42 Å². The first-order chi connectivity index (χ1) is 10.1. The summed E-state index contributed by atoms with van der Waals surface area (Å²) in [6.45, 7) is 3.81. The van der Waals surface area contributed by atoms with Crippen molar-refractivity contribution in [3.8, 4) is 11.3 Å². The molecule has 2 aromatic rings. The zero-order valence-electron chi connectivity index (χ0n) is 12.2. The first-order valence-corrected chi connectivity index (χ1v) is 7.38. The summed E-state index contributed by atoms with van der Waals surface area (Å²) in [5, 5.41) is 0. The highest BCUT2D eigenvalue weighted by Gasteiger charge is 2.24. The molecule has 2 N–H and O–H groups in total. The van der Waals surface area contributed by atoms with Gasteiger partial charge in [0, 0.05) is 24.3 Å². The molecule has 1 unspecified atom stereocenters. The van der Waals surface area contributed by atoms with Crippen molar-refractivity contribution in [2.45, 2.75) is 19.8 Å². The smallest absolute Gasteiger partial charge is 0.289 e. The predicted octanol–water partition coefficient (Wildman–Crippen LogP) is 3.40. The van der Waals surface area contributed by atoms with Crippen molar-refractivity contribution in [2.75, 3.05) is 18.8 Å². The number of nitrogen functional groups attached to an aromatic ring is 1. The van der Waals surface area contributed by atoms with Gasteiger partial charge in [0.2, 0.25) is 0 Å². The van der Waals surface area contributed by atoms with Crippen LogP contribution in [0.15, 0.2) is 40.8 Å². The number of nitrogens with two attached hydrogens (primary N) is 1. The van der Waals surface area contributed by atoms with Crippen LogP contribution in [0.2, 0.25) is 0 Å². The Bertz CT molecular complexity index is 648. The number of likely N-dealkylation sites (tertiary alicyclic amines) is 1. The van der Waals surface area contributed by atoms with Gasteiger partial charge in [-0.15, -0.1) is 0 Å². The summed E-state index contributed by atoms with van der Waals surface area (Å²) in [7, 11) is 0. The summed E-state index contributed by atoms with van der Waals surface area (Å²) in [4.78, 5) is 14.3. The fourth-order valence-electron chi connectivity index (χ4n) is 2.83. The minimum Gasteiger partial charge on any atom is -0.451 e. The Morgan fingerprint density at radius 2 is 2.19 bits per heavy atom.